The monoisotopic (exact) mass is 886 g/mol. The van der Waals surface area contributed by atoms with Crippen LogP contribution in [0.15, 0.2) is 30.5 Å². The topological polar surface area (TPSA) is 113 Å². The standard InChI is InChI=1S/C34H37F3I2N7O2/c1-4-12-39-34(3,10-6-11-38)18-48-33-42-30-24(32(43-33)46-13-5-7-21(17-46)31-41-19(2)44-45-31)16-40-29(28(30)37)23-15-22(47)14-20-8-9-25(35)27(36)26(20)23/h8-9,14-16,21,47H,4-7,10-13,17-18H2,1-3H3,(H,41,44,45)/q-1. The second-order valence-electron chi connectivity index (χ2n) is 12.3. The number of aromatic amines is 1. The molecule has 0 spiro atoms. The number of H-pyrrole nitrogens is 1. The number of fused-ring (bicyclic) bond motifs is 2. The molecule has 2 atom stereocenters. The molecule has 256 valence electrons. The van der Waals surface area contributed by atoms with Crippen molar-refractivity contribution in [1.29, 1.82) is 0 Å². The summed E-state index contributed by atoms with van der Waals surface area (Å²) in [6.45, 7) is 7.91. The summed E-state index contributed by atoms with van der Waals surface area (Å²) in [5.41, 5.74) is -0.406. The van der Waals surface area contributed by atoms with Gasteiger partial charge in [0.2, 0.25) is 0 Å². The molecule has 0 amide bonds. The van der Waals surface area contributed by atoms with Crippen molar-refractivity contribution in [3.63, 3.8) is 0 Å². The summed E-state index contributed by atoms with van der Waals surface area (Å²) in [6.07, 6.45) is 6.38. The fraction of sp³-hybridized carbons (Fsp3) is 0.441. The zero-order valence-corrected chi connectivity index (χ0v) is 31.3. The Morgan fingerprint density at radius 3 is 2.75 bits per heavy atom. The summed E-state index contributed by atoms with van der Waals surface area (Å²) in [7, 11) is 0. The molecule has 2 aromatic carbocycles. The van der Waals surface area contributed by atoms with E-state index >= 15 is 8.78 Å². The normalized spacial score (nSPS) is 16.6. The molecule has 9 nitrogen and oxygen atoms in total. The van der Waals surface area contributed by atoms with Gasteiger partial charge < -0.3 is 0 Å². The van der Waals surface area contributed by atoms with Crippen molar-refractivity contribution in [3.8, 4) is 23.0 Å². The van der Waals surface area contributed by atoms with Crippen LogP contribution < -0.4 is 30.8 Å². The predicted molar refractivity (Wildman–Crippen MR) is 184 cm³/mol. The van der Waals surface area contributed by atoms with Crippen molar-refractivity contribution >= 4 is 50.1 Å². The first-order valence-electron chi connectivity index (χ1n) is 16.0. The van der Waals surface area contributed by atoms with Crippen LogP contribution in [0.25, 0.3) is 32.9 Å². The van der Waals surface area contributed by atoms with E-state index in [0.717, 1.165) is 54.2 Å². The quantitative estimate of drug-likeness (QED) is 0.138. The van der Waals surface area contributed by atoms with Crippen LogP contribution in [0.4, 0.5) is 19.0 Å². The Labute approximate surface area is 300 Å². The number of phenols is 1. The van der Waals surface area contributed by atoms with E-state index in [2.05, 4.69) is 66.5 Å². The van der Waals surface area contributed by atoms with Crippen LogP contribution in [-0.2, 0) is 0 Å². The molecule has 14 heteroatoms. The number of benzene rings is 2. The number of aromatic hydroxyl groups is 1. The number of phenolic OH excluding ortho intramolecular Hbond substituents is 1. The summed E-state index contributed by atoms with van der Waals surface area (Å²) in [4.78, 5) is 20.5. The molecule has 5 aromatic rings. The first-order valence-corrected chi connectivity index (χ1v) is 20.1. The molecule has 3 aromatic heterocycles. The van der Waals surface area contributed by atoms with Gasteiger partial charge in [-0.25, -0.2) is 4.39 Å². The Bertz CT molecular complexity index is 1930. The van der Waals surface area contributed by atoms with E-state index in [0.29, 0.717) is 30.9 Å². The molecule has 0 radical (unpaired) electrons. The number of aryl methyl sites for hydroxylation is 1. The average Bonchev–Trinajstić information content (AvgIpc) is 3.53. The van der Waals surface area contributed by atoms with E-state index in [4.69, 9.17) is 9.72 Å². The number of nitrogens with zero attached hydrogens (tertiary/aromatic N) is 6. The van der Waals surface area contributed by atoms with E-state index in [9.17, 15) is 9.50 Å². The zero-order chi connectivity index (χ0) is 34.0. The molecule has 0 bridgehead atoms. The summed E-state index contributed by atoms with van der Waals surface area (Å²) >= 11 is 2.22. The molecule has 0 saturated carbocycles. The van der Waals surface area contributed by atoms with Crippen molar-refractivity contribution in [2.75, 3.05) is 33.5 Å². The van der Waals surface area contributed by atoms with Crippen LogP contribution in [0.3, 0.4) is 0 Å². The van der Waals surface area contributed by atoms with Crippen molar-refractivity contribution in [3.05, 3.63) is 59.6 Å². The van der Waals surface area contributed by atoms with Gasteiger partial charge in [-0.1, -0.05) is 0 Å². The Kier molecular flexibility index (Phi) is 10.8. The van der Waals surface area contributed by atoms with Crippen LogP contribution in [-0.4, -0.2) is 67.2 Å². The molecule has 1 saturated heterocycles. The van der Waals surface area contributed by atoms with E-state index in [1.807, 2.05) is 6.92 Å². The van der Waals surface area contributed by atoms with Gasteiger partial charge in [0.05, 0.1) is 0 Å². The van der Waals surface area contributed by atoms with Gasteiger partial charge in [0.1, 0.15) is 0 Å². The van der Waals surface area contributed by atoms with E-state index in [1.165, 1.54) is 28.8 Å². The average molecular weight is 887 g/mol. The third kappa shape index (κ3) is 7.28. The molecule has 1 aliphatic heterocycles. The number of hydrogen-bond donors (Lipinski definition) is 2. The predicted octanol–water partition coefficient (Wildman–Crippen LogP) is 4.63. The second kappa shape index (κ2) is 14.8. The van der Waals surface area contributed by atoms with Crippen LogP contribution in [0.1, 0.15) is 63.5 Å². The number of nitrogens with one attached hydrogen (secondary N) is 1. The number of ether oxygens (including phenoxy) is 1. The summed E-state index contributed by atoms with van der Waals surface area (Å²) in [5, 5.41) is 18.1. The SMILES string of the molecule is CCC[I-]C(C)(CCCI)COc1nc(N2CCCC(c3n[nH]c(C)n3)C2)c2cnc(-c3cc(O)cc4ccc(F)c(F)c34)c(F)c2n1. The van der Waals surface area contributed by atoms with Gasteiger partial charge in [-0.15, -0.1) is 0 Å². The Balaban J connectivity index is 1.47. The minimum atomic E-state index is -1.15. The number of anilines is 1. The molecule has 4 heterocycles. The molecule has 48 heavy (non-hydrogen) atoms. The number of piperidine rings is 1. The fourth-order valence-electron chi connectivity index (χ4n) is 6.16. The molecular weight excluding hydrogens is 849 g/mol. The Morgan fingerprint density at radius 2 is 2.00 bits per heavy atom. The van der Waals surface area contributed by atoms with Gasteiger partial charge in [0.25, 0.3) is 0 Å². The molecule has 1 aliphatic rings. The Morgan fingerprint density at radius 1 is 1.17 bits per heavy atom. The zero-order valence-electron chi connectivity index (χ0n) is 27.0. The number of hydrogen-bond acceptors (Lipinski definition) is 8. The third-order valence-electron chi connectivity index (χ3n) is 8.53. The van der Waals surface area contributed by atoms with Gasteiger partial charge in [0.15, 0.2) is 0 Å². The van der Waals surface area contributed by atoms with Gasteiger partial charge in [-0.3, -0.25) is 0 Å². The van der Waals surface area contributed by atoms with E-state index in [1.54, 1.807) is 0 Å². The van der Waals surface area contributed by atoms with Gasteiger partial charge >= 0.3 is 285 Å². The molecule has 6 rings (SSSR count). The minimum absolute atomic E-state index is 0.0116. The number of aromatic nitrogens is 6. The van der Waals surface area contributed by atoms with Gasteiger partial charge in [0, 0.05) is 0 Å². The van der Waals surface area contributed by atoms with Crippen molar-refractivity contribution in [2.24, 2.45) is 0 Å². The van der Waals surface area contributed by atoms with E-state index < -0.39 is 17.5 Å². The number of pyridine rings is 1. The third-order valence-corrected chi connectivity index (χ3v) is 13.6. The number of rotatable bonds is 12. The Hall–Kier alpha value is -3.02. The second-order valence-corrected chi connectivity index (χ2v) is 17.9. The molecule has 0 aliphatic carbocycles. The number of alkyl halides is 3. The molecule has 1 fully saturated rings. The van der Waals surface area contributed by atoms with Crippen LogP contribution >= 0.6 is 22.6 Å². The fourth-order valence-corrected chi connectivity index (χ4v) is 9.52. The van der Waals surface area contributed by atoms with Gasteiger partial charge in [-0.05, 0) is 13.0 Å². The van der Waals surface area contributed by atoms with E-state index in [-0.39, 0.29) is 69.9 Å². The molecular formula is C34H37F3I2N7O2-. The maximum absolute atomic E-state index is 16.8. The van der Waals surface area contributed by atoms with Crippen molar-refractivity contribution in [2.45, 2.75) is 62.2 Å². The van der Waals surface area contributed by atoms with Crippen LogP contribution in [0.2, 0.25) is 0 Å². The molecule has 2 N–H and O–H groups in total. The van der Waals surface area contributed by atoms with Gasteiger partial charge in [-0.2, -0.15) is 0 Å². The first kappa shape index (κ1) is 34.8. The first-order chi connectivity index (χ1) is 23.1. The summed E-state index contributed by atoms with van der Waals surface area (Å²) < 4.78 is 54.9. The molecule has 2 unspecified atom stereocenters. The van der Waals surface area contributed by atoms with Crippen molar-refractivity contribution < 1.29 is 44.2 Å². The maximum atomic E-state index is 16.8. The van der Waals surface area contributed by atoms with Crippen LogP contribution in [0.5, 0.6) is 11.8 Å². The summed E-state index contributed by atoms with van der Waals surface area (Å²) in [6, 6.07) is 4.83. The van der Waals surface area contributed by atoms with Crippen molar-refractivity contribution in [1.82, 2.24) is 30.1 Å². The number of halogens is 5. The van der Waals surface area contributed by atoms with Crippen LogP contribution in [0, 0.1) is 24.4 Å². The summed E-state index contributed by atoms with van der Waals surface area (Å²) in [5.74, 6) is -1.37.